The van der Waals surface area contributed by atoms with Crippen molar-refractivity contribution in [3.8, 4) is 0 Å². The summed E-state index contributed by atoms with van der Waals surface area (Å²) >= 11 is 0. The number of nitrogens with two attached hydrogens (primary N) is 1. The van der Waals surface area contributed by atoms with Gasteiger partial charge in [-0.2, -0.15) is 0 Å². The van der Waals surface area contributed by atoms with Gasteiger partial charge in [-0.1, -0.05) is 11.6 Å². The Morgan fingerprint density at radius 3 is 2.87 bits per heavy atom. The van der Waals surface area contributed by atoms with Gasteiger partial charge < -0.3 is 10.6 Å². The molecule has 23 heavy (non-hydrogen) atoms. The van der Waals surface area contributed by atoms with Gasteiger partial charge in [0.2, 0.25) is 5.95 Å². The van der Waals surface area contributed by atoms with Crippen molar-refractivity contribution in [1.29, 1.82) is 0 Å². The maximum absolute atomic E-state index is 13.1. The fourth-order valence-corrected chi connectivity index (χ4v) is 4.39. The van der Waals surface area contributed by atoms with E-state index in [2.05, 4.69) is 23.0 Å². The maximum Gasteiger partial charge on any atom is 0.272 e. The molecule has 1 aliphatic heterocycles. The van der Waals surface area contributed by atoms with Crippen LogP contribution in [0.2, 0.25) is 0 Å². The maximum atomic E-state index is 13.1. The summed E-state index contributed by atoms with van der Waals surface area (Å²) in [6.07, 6.45) is 8.60. The molecule has 0 spiro atoms. The minimum Gasteiger partial charge on any atom is -0.368 e. The molecule has 1 fully saturated rings. The molecule has 2 atom stereocenters. The average Bonchev–Trinajstić information content (AvgIpc) is 2.96. The molecular formula is C18H24N4O. The molecule has 0 unspecified atom stereocenters. The number of aryl methyl sites for hydroxylation is 1. The Kier molecular flexibility index (Phi) is 3.58. The van der Waals surface area contributed by atoms with Gasteiger partial charge in [0.1, 0.15) is 5.69 Å². The molecule has 3 aliphatic rings. The van der Waals surface area contributed by atoms with E-state index in [-0.39, 0.29) is 11.9 Å². The molecule has 0 saturated carbocycles. The zero-order chi connectivity index (χ0) is 16.0. The van der Waals surface area contributed by atoms with Crippen LogP contribution in [-0.2, 0) is 12.8 Å². The Bertz CT molecular complexity index is 682. The van der Waals surface area contributed by atoms with E-state index in [1.165, 1.54) is 5.57 Å². The molecule has 0 radical (unpaired) electrons. The number of aromatic nitrogens is 2. The first-order valence-electron chi connectivity index (χ1n) is 8.72. The molecule has 5 heteroatoms. The zero-order valence-corrected chi connectivity index (χ0v) is 13.7. The number of anilines is 1. The normalized spacial score (nSPS) is 26.5. The molecule has 0 bridgehead atoms. The fourth-order valence-electron chi connectivity index (χ4n) is 4.39. The number of carbonyl (C=O) groups is 1. The van der Waals surface area contributed by atoms with E-state index in [0.29, 0.717) is 17.5 Å². The van der Waals surface area contributed by atoms with Crippen molar-refractivity contribution in [2.75, 3.05) is 18.8 Å². The molecule has 2 aliphatic carbocycles. The van der Waals surface area contributed by atoms with Crippen molar-refractivity contribution in [2.45, 2.75) is 45.4 Å². The molecule has 1 aromatic rings. The SMILES string of the molecule is CC1=CC[C@H]2CN(C(=O)c3nc(N)nc4c3CCCC4)C[C@H]2C1. The molecule has 2 N–H and O–H groups in total. The van der Waals surface area contributed by atoms with E-state index in [4.69, 9.17) is 5.73 Å². The zero-order valence-electron chi connectivity index (χ0n) is 13.7. The van der Waals surface area contributed by atoms with Crippen LogP contribution in [0.15, 0.2) is 11.6 Å². The number of carbonyl (C=O) groups excluding carboxylic acids is 1. The first-order chi connectivity index (χ1) is 11.1. The number of nitrogen functional groups attached to an aromatic ring is 1. The second-order valence-electron chi connectivity index (χ2n) is 7.28. The standard InChI is InChI=1S/C18H24N4O/c1-11-6-7-12-9-22(10-13(12)8-11)17(23)16-14-4-2-3-5-15(14)20-18(19)21-16/h6,12-13H,2-5,7-10H2,1H3,(H2,19,20,21)/t12-,13+/m0/s1. The minimum absolute atomic E-state index is 0.0595. The van der Waals surface area contributed by atoms with Crippen LogP contribution in [0.25, 0.3) is 0 Å². The number of rotatable bonds is 1. The third kappa shape index (κ3) is 2.62. The highest BCUT2D eigenvalue weighted by atomic mass is 16.2. The quantitative estimate of drug-likeness (QED) is 0.808. The molecule has 4 rings (SSSR count). The van der Waals surface area contributed by atoms with Gasteiger partial charge in [-0.05, 0) is 57.3 Å². The Labute approximate surface area is 137 Å². The molecule has 1 aromatic heterocycles. The summed E-state index contributed by atoms with van der Waals surface area (Å²) in [5.41, 5.74) is 9.91. The topological polar surface area (TPSA) is 72.1 Å². The monoisotopic (exact) mass is 312 g/mol. The third-order valence-corrected chi connectivity index (χ3v) is 5.62. The summed E-state index contributed by atoms with van der Waals surface area (Å²) in [6, 6.07) is 0. The summed E-state index contributed by atoms with van der Waals surface area (Å²) in [7, 11) is 0. The number of nitrogens with zero attached hydrogens (tertiary/aromatic N) is 3. The second-order valence-corrected chi connectivity index (χ2v) is 7.28. The Morgan fingerprint density at radius 1 is 1.22 bits per heavy atom. The average molecular weight is 312 g/mol. The van der Waals surface area contributed by atoms with E-state index >= 15 is 0 Å². The van der Waals surface area contributed by atoms with Gasteiger partial charge in [-0.25, -0.2) is 9.97 Å². The van der Waals surface area contributed by atoms with Gasteiger partial charge in [0.05, 0.1) is 0 Å². The molecule has 0 aromatic carbocycles. The highest BCUT2D eigenvalue weighted by molar-refractivity contribution is 5.94. The molecule has 5 nitrogen and oxygen atoms in total. The number of likely N-dealkylation sites (tertiary alicyclic amines) is 1. The first-order valence-corrected chi connectivity index (χ1v) is 8.72. The summed E-state index contributed by atoms with van der Waals surface area (Å²) in [4.78, 5) is 23.7. The predicted molar refractivity (Wildman–Crippen MR) is 89.0 cm³/mol. The van der Waals surface area contributed by atoms with E-state index in [9.17, 15) is 4.79 Å². The van der Waals surface area contributed by atoms with Gasteiger partial charge in [-0.15, -0.1) is 0 Å². The Hall–Kier alpha value is -1.91. The highest BCUT2D eigenvalue weighted by Gasteiger charge is 2.37. The van der Waals surface area contributed by atoms with Crippen molar-refractivity contribution in [3.05, 3.63) is 28.6 Å². The van der Waals surface area contributed by atoms with Gasteiger partial charge >= 0.3 is 0 Å². The van der Waals surface area contributed by atoms with Crippen molar-refractivity contribution >= 4 is 11.9 Å². The van der Waals surface area contributed by atoms with Crippen LogP contribution in [0.5, 0.6) is 0 Å². The lowest BCUT2D eigenvalue weighted by atomic mass is 9.83. The van der Waals surface area contributed by atoms with Crippen molar-refractivity contribution in [2.24, 2.45) is 11.8 Å². The van der Waals surface area contributed by atoms with Crippen LogP contribution in [-0.4, -0.2) is 33.9 Å². The van der Waals surface area contributed by atoms with Crippen molar-refractivity contribution in [1.82, 2.24) is 14.9 Å². The summed E-state index contributed by atoms with van der Waals surface area (Å²) in [5.74, 6) is 1.52. The van der Waals surface area contributed by atoms with Gasteiger partial charge in [0.25, 0.3) is 5.91 Å². The molecule has 122 valence electrons. The smallest absolute Gasteiger partial charge is 0.272 e. The van der Waals surface area contributed by atoms with Crippen LogP contribution in [0, 0.1) is 11.8 Å². The summed E-state index contributed by atoms with van der Waals surface area (Å²) in [5, 5.41) is 0. The third-order valence-electron chi connectivity index (χ3n) is 5.62. The molecule has 2 heterocycles. The number of fused-ring (bicyclic) bond motifs is 2. The van der Waals surface area contributed by atoms with Gasteiger partial charge in [0.15, 0.2) is 0 Å². The van der Waals surface area contributed by atoms with E-state index in [0.717, 1.165) is 62.9 Å². The summed E-state index contributed by atoms with van der Waals surface area (Å²) in [6.45, 7) is 3.90. The first kappa shape index (κ1) is 14.7. The number of amides is 1. The number of hydrogen-bond donors (Lipinski definition) is 1. The Balaban J connectivity index is 1.60. The van der Waals surface area contributed by atoms with Crippen LogP contribution >= 0.6 is 0 Å². The van der Waals surface area contributed by atoms with Gasteiger partial charge in [0, 0.05) is 24.3 Å². The molecule has 1 amide bonds. The lowest BCUT2D eigenvalue weighted by Gasteiger charge is -2.21. The van der Waals surface area contributed by atoms with Crippen LogP contribution < -0.4 is 5.73 Å². The van der Waals surface area contributed by atoms with Crippen LogP contribution in [0.3, 0.4) is 0 Å². The second kappa shape index (κ2) is 5.62. The highest BCUT2D eigenvalue weighted by Crippen LogP contribution is 2.36. The number of hydrogen-bond acceptors (Lipinski definition) is 4. The van der Waals surface area contributed by atoms with E-state index < -0.39 is 0 Å². The Morgan fingerprint density at radius 2 is 2.00 bits per heavy atom. The summed E-state index contributed by atoms with van der Waals surface area (Å²) < 4.78 is 0. The molecule has 1 saturated heterocycles. The van der Waals surface area contributed by atoms with Crippen molar-refractivity contribution in [3.63, 3.8) is 0 Å². The number of allylic oxidation sites excluding steroid dienone is 2. The fraction of sp³-hybridized carbons (Fsp3) is 0.611. The van der Waals surface area contributed by atoms with Crippen molar-refractivity contribution < 1.29 is 4.79 Å². The van der Waals surface area contributed by atoms with Crippen LogP contribution in [0.1, 0.15) is 54.4 Å². The lowest BCUT2D eigenvalue weighted by Crippen LogP contribution is -2.32. The largest absolute Gasteiger partial charge is 0.368 e. The van der Waals surface area contributed by atoms with Crippen LogP contribution in [0.4, 0.5) is 5.95 Å². The van der Waals surface area contributed by atoms with Gasteiger partial charge in [-0.3, -0.25) is 4.79 Å². The lowest BCUT2D eigenvalue weighted by molar-refractivity contribution is 0.0776. The molecular weight excluding hydrogens is 288 g/mol. The van der Waals surface area contributed by atoms with E-state index in [1.54, 1.807) is 0 Å². The predicted octanol–water partition coefficient (Wildman–Crippen LogP) is 2.37. The van der Waals surface area contributed by atoms with E-state index in [1.807, 2.05) is 4.90 Å². The minimum atomic E-state index is 0.0595.